The van der Waals surface area contributed by atoms with Crippen LogP contribution in [-0.2, 0) is 5.41 Å². The van der Waals surface area contributed by atoms with E-state index in [1.165, 1.54) is 60.9 Å². The van der Waals surface area contributed by atoms with E-state index < -0.39 is 0 Å². The Labute approximate surface area is 211 Å². The number of fused-ring (bicyclic) bond motifs is 7. The number of rotatable bonds is 1. The fourth-order valence-corrected chi connectivity index (χ4v) is 6.86. The van der Waals surface area contributed by atoms with Crippen LogP contribution in [-0.4, -0.2) is 11.4 Å². The molecule has 6 aromatic rings. The number of nitrogens with zero attached hydrogens (tertiary/aromatic N) is 2. The number of benzene rings is 5. The van der Waals surface area contributed by atoms with Crippen molar-refractivity contribution in [2.75, 3.05) is 4.81 Å². The van der Waals surface area contributed by atoms with Crippen LogP contribution in [0.25, 0.3) is 27.5 Å². The summed E-state index contributed by atoms with van der Waals surface area (Å²) in [5.74, 6) is 0. The molecule has 3 heterocycles. The fraction of sp³-hybridized carbons (Fsp3) is 0.0909. The molecule has 0 aliphatic carbocycles. The third kappa shape index (κ3) is 2.38. The number of anilines is 2. The van der Waals surface area contributed by atoms with E-state index >= 15 is 0 Å². The molecule has 8 rings (SSSR count). The largest absolute Gasteiger partial charge is 0.376 e. The van der Waals surface area contributed by atoms with Crippen molar-refractivity contribution in [1.29, 1.82) is 0 Å². The van der Waals surface area contributed by atoms with E-state index in [0.29, 0.717) is 0 Å². The van der Waals surface area contributed by atoms with E-state index in [-0.39, 0.29) is 12.3 Å². The van der Waals surface area contributed by atoms with Gasteiger partial charge in [-0.3, -0.25) is 0 Å². The SMILES string of the molecule is CC1(C)c2ccccc2N(B2c3ccccc3-n3c4ccccc4c4cccc2c43)c2ccccc21. The van der Waals surface area contributed by atoms with Crippen LogP contribution in [0.15, 0.2) is 115 Å². The molecule has 36 heavy (non-hydrogen) atoms. The topological polar surface area (TPSA) is 8.17 Å². The number of aromatic nitrogens is 1. The van der Waals surface area contributed by atoms with Crippen LogP contribution < -0.4 is 15.7 Å². The highest BCUT2D eigenvalue weighted by atomic mass is 15.1. The van der Waals surface area contributed by atoms with Gasteiger partial charge in [0.15, 0.2) is 0 Å². The summed E-state index contributed by atoms with van der Waals surface area (Å²) in [6.07, 6.45) is 0. The highest BCUT2D eigenvalue weighted by Crippen LogP contribution is 2.49. The molecule has 5 aromatic carbocycles. The average Bonchev–Trinajstić information content (AvgIpc) is 3.26. The lowest BCUT2D eigenvalue weighted by Gasteiger charge is -2.46. The van der Waals surface area contributed by atoms with Crippen molar-refractivity contribution in [3.63, 3.8) is 0 Å². The Balaban J connectivity index is 1.53. The maximum Gasteiger partial charge on any atom is 0.332 e. The minimum atomic E-state index is -0.0707. The Bertz CT molecular complexity index is 1790. The van der Waals surface area contributed by atoms with Crippen molar-refractivity contribution < 1.29 is 0 Å². The van der Waals surface area contributed by atoms with E-state index in [9.17, 15) is 0 Å². The van der Waals surface area contributed by atoms with Gasteiger partial charge >= 0.3 is 6.85 Å². The number of hydrogen-bond donors (Lipinski definition) is 0. The highest BCUT2D eigenvalue weighted by molar-refractivity contribution is 6.92. The van der Waals surface area contributed by atoms with E-state index in [2.05, 4.69) is 138 Å². The first-order chi connectivity index (χ1) is 17.7. The first kappa shape index (κ1) is 20.0. The molecule has 3 heteroatoms. The molecule has 0 saturated carbocycles. The molecular formula is C33H25BN2. The van der Waals surface area contributed by atoms with Gasteiger partial charge in [0.05, 0.1) is 11.0 Å². The molecule has 2 aliphatic heterocycles. The standard InChI is InChI=1S/C33H25BN2/c1-33(2)24-14-4-8-19-29(24)36(30-20-9-5-15-25(30)33)34-26-16-6-10-21-31(26)35-28-18-7-3-12-22(28)23-13-11-17-27(34)32(23)35/h3-21H,1-2H3. The van der Waals surface area contributed by atoms with Crippen molar-refractivity contribution >= 4 is 51.0 Å². The zero-order valence-electron chi connectivity index (χ0n) is 20.4. The van der Waals surface area contributed by atoms with Crippen molar-refractivity contribution in [3.05, 3.63) is 126 Å². The van der Waals surface area contributed by atoms with Crippen LogP contribution in [0.4, 0.5) is 11.4 Å². The molecule has 0 radical (unpaired) electrons. The Morgan fingerprint density at radius 2 is 1.08 bits per heavy atom. The Kier molecular flexibility index (Phi) is 3.85. The smallest absolute Gasteiger partial charge is 0.332 e. The summed E-state index contributed by atoms with van der Waals surface area (Å²) >= 11 is 0. The highest BCUT2D eigenvalue weighted by Gasteiger charge is 2.44. The molecule has 2 nitrogen and oxygen atoms in total. The van der Waals surface area contributed by atoms with Gasteiger partial charge in [0, 0.05) is 33.2 Å². The maximum atomic E-state index is 2.60. The molecule has 0 N–H and O–H groups in total. The lowest BCUT2D eigenvalue weighted by Crippen LogP contribution is -2.59. The summed E-state index contributed by atoms with van der Waals surface area (Å²) in [6.45, 7) is 4.78. The van der Waals surface area contributed by atoms with Crippen molar-refractivity contribution in [3.8, 4) is 5.69 Å². The summed E-state index contributed by atoms with van der Waals surface area (Å²) in [7, 11) is 0. The third-order valence-corrected chi connectivity index (χ3v) is 8.42. The van der Waals surface area contributed by atoms with Crippen molar-refractivity contribution in [2.24, 2.45) is 0 Å². The summed E-state index contributed by atoms with van der Waals surface area (Å²) in [5, 5.41) is 2.63. The van der Waals surface area contributed by atoms with Gasteiger partial charge in [0.1, 0.15) is 0 Å². The van der Waals surface area contributed by atoms with Crippen LogP contribution in [0.5, 0.6) is 0 Å². The third-order valence-electron chi connectivity index (χ3n) is 8.42. The second-order valence-corrected chi connectivity index (χ2v) is 10.6. The lowest BCUT2D eigenvalue weighted by molar-refractivity contribution is 0.634. The zero-order chi connectivity index (χ0) is 24.0. The summed E-state index contributed by atoms with van der Waals surface area (Å²) in [5.41, 5.74) is 11.8. The average molecular weight is 460 g/mol. The van der Waals surface area contributed by atoms with Gasteiger partial charge in [-0.15, -0.1) is 0 Å². The molecular weight excluding hydrogens is 435 g/mol. The number of para-hydroxylation sites is 5. The molecule has 0 fully saturated rings. The van der Waals surface area contributed by atoms with Crippen molar-refractivity contribution in [2.45, 2.75) is 19.3 Å². The fourth-order valence-electron chi connectivity index (χ4n) is 6.86. The van der Waals surface area contributed by atoms with Gasteiger partial charge < -0.3 is 9.38 Å². The van der Waals surface area contributed by atoms with Crippen molar-refractivity contribution in [1.82, 2.24) is 4.57 Å². The quantitative estimate of drug-likeness (QED) is 0.249. The predicted molar refractivity (Wildman–Crippen MR) is 153 cm³/mol. The van der Waals surface area contributed by atoms with Crippen LogP contribution in [0.3, 0.4) is 0 Å². The van der Waals surface area contributed by atoms with E-state index in [4.69, 9.17) is 0 Å². The van der Waals surface area contributed by atoms with E-state index in [1.54, 1.807) is 0 Å². The maximum absolute atomic E-state index is 2.60. The lowest BCUT2D eigenvalue weighted by atomic mass is 9.46. The monoisotopic (exact) mass is 460 g/mol. The molecule has 2 aliphatic rings. The summed E-state index contributed by atoms with van der Waals surface area (Å²) in [4.78, 5) is 2.60. The minimum Gasteiger partial charge on any atom is -0.376 e. The molecule has 0 unspecified atom stereocenters. The molecule has 0 saturated heterocycles. The van der Waals surface area contributed by atoms with E-state index in [0.717, 1.165) is 0 Å². The van der Waals surface area contributed by atoms with Crippen LogP contribution in [0, 0.1) is 0 Å². The first-order valence-corrected chi connectivity index (χ1v) is 12.8. The summed E-state index contributed by atoms with van der Waals surface area (Å²) < 4.78 is 2.48. The Hall–Kier alpha value is -4.24. The summed E-state index contributed by atoms with van der Waals surface area (Å²) in [6, 6.07) is 42.6. The van der Waals surface area contributed by atoms with E-state index in [1.807, 2.05) is 0 Å². The molecule has 0 bridgehead atoms. The van der Waals surface area contributed by atoms with Gasteiger partial charge in [-0.25, -0.2) is 0 Å². The number of hydrogen-bond acceptors (Lipinski definition) is 1. The van der Waals surface area contributed by atoms with Crippen LogP contribution in [0.2, 0.25) is 0 Å². The molecule has 0 amide bonds. The normalized spacial score (nSPS) is 15.1. The Morgan fingerprint density at radius 1 is 0.528 bits per heavy atom. The molecule has 0 spiro atoms. The van der Waals surface area contributed by atoms with Gasteiger partial charge in [-0.05, 0) is 46.3 Å². The van der Waals surface area contributed by atoms with Gasteiger partial charge in [0.25, 0.3) is 0 Å². The van der Waals surface area contributed by atoms with Crippen LogP contribution >= 0.6 is 0 Å². The van der Waals surface area contributed by atoms with Gasteiger partial charge in [-0.2, -0.15) is 0 Å². The molecule has 0 atom stereocenters. The predicted octanol–water partition coefficient (Wildman–Crippen LogP) is 6.68. The van der Waals surface area contributed by atoms with Gasteiger partial charge in [0.2, 0.25) is 0 Å². The van der Waals surface area contributed by atoms with Gasteiger partial charge in [-0.1, -0.05) is 105 Å². The van der Waals surface area contributed by atoms with Crippen LogP contribution in [0.1, 0.15) is 25.0 Å². The zero-order valence-corrected chi connectivity index (χ0v) is 20.4. The Morgan fingerprint density at radius 3 is 1.83 bits per heavy atom. The second kappa shape index (κ2) is 6.92. The minimum absolute atomic E-state index is 0.0695. The first-order valence-electron chi connectivity index (χ1n) is 12.8. The second-order valence-electron chi connectivity index (χ2n) is 10.6. The molecule has 1 aromatic heterocycles. The molecule has 170 valence electrons.